The zero-order chi connectivity index (χ0) is 29.6. The number of ether oxygens (including phenoxy) is 1. The number of carbonyl (C=O) groups is 2. The van der Waals surface area contributed by atoms with Crippen LogP contribution in [0.3, 0.4) is 0 Å². The second-order valence-corrected chi connectivity index (χ2v) is 12.8. The number of piperidine rings is 1. The number of benzene rings is 3. The molecule has 12 heteroatoms. The van der Waals surface area contributed by atoms with E-state index in [4.69, 9.17) is 9.26 Å². The van der Waals surface area contributed by atoms with Gasteiger partial charge in [-0.1, -0.05) is 60.1 Å². The summed E-state index contributed by atoms with van der Waals surface area (Å²) in [7, 11) is -3.74. The van der Waals surface area contributed by atoms with Crippen LogP contribution in [0.25, 0.3) is 0 Å². The number of hydrogen-bond donors (Lipinski definition) is 0. The van der Waals surface area contributed by atoms with Gasteiger partial charge in [-0.25, -0.2) is 0 Å². The highest BCUT2D eigenvalue weighted by Crippen LogP contribution is 2.36. The van der Waals surface area contributed by atoms with E-state index in [-0.39, 0.29) is 30.9 Å². The largest absolute Gasteiger partial charge is 0.484 e. The van der Waals surface area contributed by atoms with Crippen LogP contribution in [0.5, 0.6) is 5.75 Å². The summed E-state index contributed by atoms with van der Waals surface area (Å²) in [6.07, 6.45) is 2.24. The van der Waals surface area contributed by atoms with Gasteiger partial charge in [-0.2, -0.15) is 22.0 Å². The molecule has 0 radical (unpaired) electrons. The molecule has 2 amide bonds. The lowest BCUT2D eigenvalue weighted by molar-refractivity contribution is 0.0642. The number of nitrogens with zero attached hydrogens (tertiary/aromatic N) is 5. The molecule has 3 aliphatic rings. The summed E-state index contributed by atoms with van der Waals surface area (Å²) in [5.41, 5.74) is 3.66. The van der Waals surface area contributed by atoms with E-state index in [0.717, 1.165) is 29.5 Å². The van der Waals surface area contributed by atoms with Crippen LogP contribution >= 0.6 is 0 Å². The molecule has 7 rings (SSSR count). The zero-order valence-corrected chi connectivity index (χ0v) is 24.1. The van der Waals surface area contributed by atoms with Gasteiger partial charge in [-0.05, 0) is 53.8 Å². The number of imide groups is 1. The number of amides is 2. The Bertz CT molecular complexity index is 1750. The second-order valence-electron chi connectivity index (χ2n) is 10.9. The number of fused-ring (bicyclic) bond motifs is 2. The summed E-state index contributed by atoms with van der Waals surface area (Å²) in [6, 6.07) is 21.1. The molecule has 1 fully saturated rings. The molecular formula is C31H29N5O6S. The van der Waals surface area contributed by atoms with Crippen molar-refractivity contribution in [2.24, 2.45) is 0 Å². The van der Waals surface area contributed by atoms with Gasteiger partial charge in [0, 0.05) is 19.6 Å². The van der Waals surface area contributed by atoms with E-state index in [2.05, 4.69) is 10.1 Å². The van der Waals surface area contributed by atoms with Crippen molar-refractivity contribution < 1.29 is 27.3 Å². The second kappa shape index (κ2) is 11.0. The lowest BCUT2D eigenvalue weighted by Crippen LogP contribution is -2.45. The standard InChI is InChI=1S/C31H29N5O6S/c37-30-25-9-3-4-10-26(25)31(38)35(30)17-21-12-14-24(15-13-21)41-20-28-32-29(33-42-28)27-11-5-6-16-36(27)43(39,40)34-18-22-7-1-2-8-23(22)19-34/h1-4,7-10,12-15,27H,5-6,11,16-20H2/t27-/m0/s1. The Hall–Kier alpha value is -4.39. The Labute approximate surface area is 248 Å². The van der Waals surface area contributed by atoms with Gasteiger partial charge in [0.1, 0.15) is 5.75 Å². The Kier molecular flexibility index (Phi) is 7.04. The van der Waals surface area contributed by atoms with E-state index >= 15 is 0 Å². The Morgan fingerprint density at radius 3 is 2.19 bits per heavy atom. The van der Waals surface area contributed by atoms with E-state index < -0.39 is 16.3 Å². The molecule has 0 spiro atoms. The minimum Gasteiger partial charge on any atom is -0.484 e. The normalized spacial score (nSPS) is 19.1. The summed E-state index contributed by atoms with van der Waals surface area (Å²) in [4.78, 5) is 31.0. The average molecular weight is 600 g/mol. The quantitative estimate of drug-likeness (QED) is 0.276. The predicted octanol–water partition coefficient (Wildman–Crippen LogP) is 4.23. The lowest BCUT2D eigenvalue weighted by atomic mass is 10.0. The molecule has 1 saturated heterocycles. The molecule has 3 aliphatic heterocycles. The van der Waals surface area contributed by atoms with E-state index in [1.54, 1.807) is 48.5 Å². The number of hydrogen-bond acceptors (Lipinski definition) is 8. The van der Waals surface area contributed by atoms with E-state index in [9.17, 15) is 18.0 Å². The predicted molar refractivity (Wildman–Crippen MR) is 154 cm³/mol. The minimum atomic E-state index is -3.74. The van der Waals surface area contributed by atoms with Crippen molar-refractivity contribution in [3.8, 4) is 5.75 Å². The van der Waals surface area contributed by atoms with Crippen LogP contribution in [0.4, 0.5) is 0 Å². The average Bonchev–Trinajstić information content (AvgIpc) is 3.75. The van der Waals surface area contributed by atoms with Gasteiger partial charge in [0.15, 0.2) is 12.4 Å². The molecule has 1 atom stereocenters. The van der Waals surface area contributed by atoms with Crippen molar-refractivity contribution in [2.45, 2.75) is 51.5 Å². The monoisotopic (exact) mass is 599 g/mol. The first-order valence-corrected chi connectivity index (χ1v) is 15.6. The molecule has 3 aromatic carbocycles. The highest BCUT2D eigenvalue weighted by Gasteiger charge is 2.41. The number of aromatic nitrogens is 2. The fourth-order valence-electron chi connectivity index (χ4n) is 5.92. The van der Waals surface area contributed by atoms with Crippen LogP contribution in [0, 0.1) is 0 Å². The molecule has 0 N–H and O–H groups in total. The number of carbonyl (C=O) groups excluding carboxylic acids is 2. The Morgan fingerprint density at radius 1 is 0.860 bits per heavy atom. The molecule has 11 nitrogen and oxygen atoms in total. The molecule has 0 saturated carbocycles. The van der Waals surface area contributed by atoms with Crippen molar-refractivity contribution in [3.05, 3.63) is 112 Å². The molecule has 1 aromatic heterocycles. The first-order valence-electron chi connectivity index (χ1n) is 14.2. The molecule has 4 aromatic rings. The highest BCUT2D eigenvalue weighted by molar-refractivity contribution is 7.86. The van der Waals surface area contributed by atoms with Gasteiger partial charge in [-0.15, -0.1) is 0 Å². The fourth-order valence-corrected chi connectivity index (χ4v) is 7.70. The maximum atomic E-state index is 13.7. The fraction of sp³-hybridized carbons (Fsp3) is 0.290. The summed E-state index contributed by atoms with van der Waals surface area (Å²) in [5, 5.41) is 4.12. The van der Waals surface area contributed by atoms with Crippen molar-refractivity contribution in [1.29, 1.82) is 0 Å². The third-order valence-corrected chi connectivity index (χ3v) is 10.1. The molecule has 0 bridgehead atoms. The van der Waals surface area contributed by atoms with E-state index in [0.29, 0.717) is 48.8 Å². The third kappa shape index (κ3) is 5.11. The minimum absolute atomic E-state index is 0.00561. The smallest absolute Gasteiger partial charge is 0.283 e. The highest BCUT2D eigenvalue weighted by atomic mass is 32.2. The summed E-state index contributed by atoms with van der Waals surface area (Å²) < 4.78 is 41.7. The first-order chi connectivity index (χ1) is 20.9. The lowest BCUT2D eigenvalue weighted by Gasteiger charge is -2.35. The molecule has 0 aliphatic carbocycles. The van der Waals surface area contributed by atoms with Gasteiger partial charge in [0.25, 0.3) is 27.9 Å². The van der Waals surface area contributed by atoms with E-state index in [1.165, 1.54) is 13.5 Å². The molecule has 0 unspecified atom stereocenters. The van der Waals surface area contributed by atoms with Gasteiger partial charge >= 0.3 is 0 Å². The zero-order valence-electron chi connectivity index (χ0n) is 23.3. The SMILES string of the molecule is O=C1c2ccccc2C(=O)N1Cc1ccc(OCc2nc([C@@H]3CCCCN3S(=O)(=O)N3Cc4ccccc4C3)no2)cc1. The van der Waals surface area contributed by atoms with Crippen LogP contribution in [0.15, 0.2) is 77.3 Å². The summed E-state index contributed by atoms with van der Waals surface area (Å²) in [6.45, 7) is 1.26. The van der Waals surface area contributed by atoms with E-state index in [1.807, 2.05) is 24.3 Å². The van der Waals surface area contributed by atoms with Gasteiger partial charge in [0.05, 0.1) is 23.7 Å². The van der Waals surface area contributed by atoms with Crippen molar-refractivity contribution in [1.82, 2.24) is 23.7 Å². The van der Waals surface area contributed by atoms with Crippen molar-refractivity contribution >= 4 is 22.0 Å². The molecule has 43 heavy (non-hydrogen) atoms. The van der Waals surface area contributed by atoms with Gasteiger partial charge in [0.2, 0.25) is 0 Å². The molecule has 220 valence electrons. The van der Waals surface area contributed by atoms with Crippen molar-refractivity contribution in [3.63, 3.8) is 0 Å². The van der Waals surface area contributed by atoms with Crippen LogP contribution in [-0.2, 0) is 36.5 Å². The van der Waals surface area contributed by atoms with Crippen LogP contribution < -0.4 is 4.74 Å². The van der Waals surface area contributed by atoms with Crippen molar-refractivity contribution in [2.75, 3.05) is 6.54 Å². The van der Waals surface area contributed by atoms with Crippen LogP contribution in [0.2, 0.25) is 0 Å². The first kappa shape index (κ1) is 27.4. The van der Waals surface area contributed by atoms with Gasteiger partial charge in [-0.3, -0.25) is 14.5 Å². The van der Waals surface area contributed by atoms with Crippen LogP contribution in [0.1, 0.15) is 74.4 Å². The topological polar surface area (TPSA) is 126 Å². The van der Waals surface area contributed by atoms with Gasteiger partial charge < -0.3 is 9.26 Å². The summed E-state index contributed by atoms with van der Waals surface area (Å²) >= 11 is 0. The molecule has 4 heterocycles. The maximum absolute atomic E-state index is 13.7. The van der Waals surface area contributed by atoms with Crippen LogP contribution in [-0.4, -0.2) is 50.4 Å². The number of rotatable bonds is 8. The third-order valence-electron chi connectivity index (χ3n) is 8.17. The molecular weight excluding hydrogens is 570 g/mol. The summed E-state index contributed by atoms with van der Waals surface area (Å²) in [5.74, 6) is 0.503. The Balaban J connectivity index is 0.983. The Morgan fingerprint density at radius 2 is 1.51 bits per heavy atom. The maximum Gasteiger partial charge on any atom is 0.283 e.